The molecule has 0 aliphatic heterocycles. The first-order valence-corrected chi connectivity index (χ1v) is 6.02. The molecular formula is C13H9F5N2O2. The van der Waals surface area contributed by atoms with Gasteiger partial charge in [0.2, 0.25) is 34.8 Å². The molecule has 1 aromatic carbocycles. The maximum atomic E-state index is 13.4. The van der Waals surface area contributed by atoms with E-state index in [0.29, 0.717) is 5.82 Å². The van der Waals surface area contributed by atoms with Crippen molar-refractivity contribution in [2.45, 2.75) is 19.8 Å². The Bertz CT molecular complexity index is 713. The van der Waals surface area contributed by atoms with Gasteiger partial charge in [0.1, 0.15) is 11.5 Å². The molecule has 0 saturated carbocycles. The average molecular weight is 320 g/mol. The van der Waals surface area contributed by atoms with Crippen molar-refractivity contribution in [3.8, 4) is 5.75 Å². The van der Waals surface area contributed by atoms with Crippen molar-refractivity contribution < 1.29 is 31.5 Å². The highest BCUT2D eigenvalue weighted by Crippen LogP contribution is 2.29. The first-order valence-electron chi connectivity index (χ1n) is 6.02. The molecule has 0 bridgehead atoms. The molecule has 2 rings (SSSR count). The molecule has 0 aliphatic carbocycles. The van der Waals surface area contributed by atoms with Crippen LogP contribution in [0.2, 0.25) is 0 Å². The van der Waals surface area contributed by atoms with E-state index in [1.165, 1.54) is 0 Å². The number of benzene rings is 1. The van der Waals surface area contributed by atoms with E-state index in [1.54, 1.807) is 13.8 Å². The maximum absolute atomic E-state index is 13.4. The summed E-state index contributed by atoms with van der Waals surface area (Å²) in [4.78, 5) is 18.0. The molecule has 0 atom stereocenters. The third-order valence-electron chi connectivity index (χ3n) is 2.73. The van der Waals surface area contributed by atoms with Crippen LogP contribution in [0.1, 0.15) is 36.1 Å². The Hall–Kier alpha value is -2.45. The van der Waals surface area contributed by atoms with Gasteiger partial charge in [0.05, 0.1) is 6.20 Å². The molecule has 2 aromatic rings. The van der Waals surface area contributed by atoms with Gasteiger partial charge in [0.25, 0.3) is 0 Å². The minimum Gasteiger partial charge on any atom is -0.415 e. The number of hydrogen-bond acceptors (Lipinski definition) is 3. The zero-order chi connectivity index (χ0) is 16.6. The molecule has 0 unspecified atom stereocenters. The highest BCUT2D eigenvalue weighted by atomic mass is 19.2. The summed E-state index contributed by atoms with van der Waals surface area (Å²) in [5, 5.41) is 0. The fourth-order valence-corrected chi connectivity index (χ4v) is 1.56. The average Bonchev–Trinajstić information content (AvgIpc) is 2.97. The van der Waals surface area contributed by atoms with Crippen LogP contribution in [0.4, 0.5) is 22.0 Å². The minimum atomic E-state index is -2.33. The fourth-order valence-electron chi connectivity index (χ4n) is 1.56. The third-order valence-corrected chi connectivity index (χ3v) is 2.73. The van der Waals surface area contributed by atoms with Crippen LogP contribution in [0.15, 0.2) is 6.20 Å². The van der Waals surface area contributed by atoms with E-state index in [2.05, 4.69) is 14.7 Å². The van der Waals surface area contributed by atoms with Crippen molar-refractivity contribution in [1.82, 2.24) is 9.97 Å². The lowest BCUT2D eigenvalue weighted by Crippen LogP contribution is -2.14. The Kier molecular flexibility index (Phi) is 4.16. The summed E-state index contributed by atoms with van der Waals surface area (Å²) >= 11 is 0. The SMILES string of the molecule is CC(C)c1ncc(C(=O)Oc2c(F)c(F)c(F)c(F)c2F)[nH]1. The van der Waals surface area contributed by atoms with Gasteiger partial charge >= 0.3 is 5.97 Å². The fraction of sp³-hybridized carbons (Fsp3) is 0.231. The number of ether oxygens (including phenoxy) is 1. The van der Waals surface area contributed by atoms with Crippen molar-refractivity contribution in [1.29, 1.82) is 0 Å². The molecule has 22 heavy (non-hydrogen) atoms. The number of H-pyrrole nitrogens is 1. The molecule has 0 fully saturated rings. The smallest absolute Gasteiger partial charge is 0.362 e. The first-order chi connectivity index (χ1) is 10.2. The van der Waals surface area contributed by atoms with E-state index >= 15 is 0 Å². The van der Waals surface area contributed by atoms with Crippen LogP contribution in [0.25, 0.3) is 0 Å². The predicted octanol–water partition coefficient (Wildman–Crippen LogP) is 3.45. The van der Waals surface area contributed by atoms with Gasteiger partial charge in [-0.1, -0.05) is 13.8 Å². The molecule has 0 aliphatic rings. The highest BCUT2D eigenvalue weighted by molar-refractivity contribution is 5.88. The number of aromatic amines is 1. The molecule has 1 N–H and O–H groups in total. The number of hydrogen-bond donors (Lipinski definition) is 1. The highest BCUT2D eigenvalue weighted by Gasteiger charge is 2.29. The Morgan fingerprint density at radius 1 is 1.05 bits per heavy atom. The van der Waals surface area contributed by atoms with Gasteiger partial charge < -0.3 is 9.72 Å². The van der Waals surface area contributed by atoms with Crippen molar-refractivity contribution in [2.75, 3.05) is 0 Å². The standard InChI is InChI=1S/C13H9F5N2O2/c1-4(2)12-19-3-5(20-12)13(21)22-11-9(17)7(15)6(14)8(16)10(11)18/h3-4H,1-2H3,(H,19,20). The van der Waals surface area contributed by atoms with E-state index in [0.717, 1.165) is 6.20 Å². The molecule has 1 aromatic heterocycles. The zero-order valence-corrected chi connectivity index (χ0v) is 11.3. The third kappa shape index (κ3) is 2.66. The molecule has 0 spiro atoms. The second-order valence-corrected chi connectivity index (χ2v) is 4.63. The van der Waals surface area contributed by atoms with Crippen LogP contribution >= 0.6 is 0 Å². The van der Waals surface area contributed by atoms with E-state index < -0.39 is 40.8 Å². The summed E-state index contributed by atoms with van der Waals surface area (Å²) in [5.74, 6) is -13.9. The predicted molar refractivity (Wildman–Crippen MR) is 63.9 cm³/mol. The van der Waals surface area contributed by atoms with Crippen LogP contribution in [-0.2, 0) is 0 Å². The summed E-state index contributed by atoms with van der Waals surface area (Å²) in [6.45, 7) is 3.52. The number of carbonyl (C=O) groups excluding carboxylic acids is 1. The number of carbonyl (C=O) groups is 1. The lowest BCUT2D eigenvalue weighted by Gasteiger charge is -2.08. The van der Waals surface area contributed by atoms with E-state index in [-0.39, 0.29) is 11.6 Å². The van der Waals surface area contributed by atoms with Crippen molar-refractivity contribution in [3.05, 3.63) is 46.8 Å². The van der Waals surface area contributed by atoms with Crippen LogP contribution < -0.4 is 4.74 Å². The number of halogens is 5. The van der Waals surface area contributed by atoms with Gasteiger partial charge in [-0.2, -0.15) is 8.78 Å². The summed E-state index contributed by atoms with van der Waals surface area (Å²) in [6.07, 6.45) is 1.03. The van der Waals surface area contributed by atoms with Crippen LogP contribution in [0.3, 0.4) is 0 Å². The summed E-state index contributed by atoms with van der Waals surface area (Å²) < 4.78 is 69.9. The largest absolute Gasteiger partial charge is 0.415 e. The molecule has 0 amide bonds. The van der Waals surface area contributed by atoms with E-state index in [9.17, 15) is 26.7 Å². The normalized spacial score (nSPS) is 11.1. The van der Waals surface area contributed by atoms with E-state index in [4.69, 9.17) is 0 Å². The van der Waals surface area contributed by atoms with Gasteiger partial charge in [-0.25, -0.2) is 22.9 Å². The van der Waals surface area contributed by atoms with Crippen LogP contribution in [0.5, 0.6) is 5.75 Å². The van der Waals surface area contributed by atoms with Gasteiger partial charge in [-0.05, 0) is 0 Å². The Labute approximate surface area is 120 Å². The zero-order valence-electron chi connectivity index (χ0n) is 11.3. The van der Waals surface area contributed by atoms with Gasteiger partial charge in [-0.15, -0.1) is 0 Å². The summed E-state index contributed by atoms with van der Waals surface area (Å²) in [5.41, 5.74) is -0.285. The molecule has 1 heterocycles. The monoisotopic (exact) mass is 320 g/mol. The molecule has 118 valence electrons. The van der Waals surface area contributed by atoms with Crippen molar-refractivity contribution in [3.63, 3.8) is 0 Å². The number of nitrogens with one attached hydrogen (secondary N) is 1. The lowest BCUT2D eigenvalue weighted by atomic mass is 10.2. The Morgan fingerprint density at radius 2 is 1.55 bits per heavy atom. The first kappa shape index (κ1) is 15.9. The van der Waals surface area contributed by atoms with Gasteiger partial charge in [0.15, 0.2) is 0 Å². The van der Waals surface area contributed by atoms with E-state index in [1.807, 2.05) is 0 Å². The number of rotatable bonds is 3. The Morgan fingerprint density at radius 3 is 2.00 bits per heavy atom. The Balaban J connectivity index is 2.36. The lowest BCUT2D eigenvalue weighted by molar-refractivity contribution is 0.0710. The van der Waals surface area contributed by atoms with Gasteiger partial charge in [0, 0.05) is 5.92 Å². The molecule has 9 heteroatoms. The summed E-state index contributed by atoms with van der Waals surface area (Å²) in [7, 11) is 0. The minimum absolute atomic E-state index is 0.0734. The maximum Gasteiger partial charge on any atom is 0.362 e. The van der Waals surface area contributed by atoms with Crippen LogP contribution in [0, 0.1) is 29.1 Å². The van der Waals surface area contributed by atoms with Gasteiger partial charge in [-0.3, -0.25) is 0 Å². The van der Waals surface area contributed by atoms with Crippen molar-refractivity contribution in [2.24, 2.45) is 0 Å². The van der Waals surface area contributed by atoms with Crippen molar-refractivity contribution >= 4 is 5.97 Å². The second kappa shape index (κ2) is 5.74. The number of esters is 1. The molecule has 0 saturated heterocycles. The number of aromatic nitrogens is 2. The molecular weight excluding hydrogens is 311 g/mol. The summed E-state index contributed by atoms with van der Waals surface area (Å²) in [6, 6.07) is 0. The second-order valence-electron chi connectivity index (χ2n) is 4.63. The van der Waals surface area contributed by atoms with Crippen LogP contribution in [-0.4, -0.2) is 15.9 Å². The number of nitrogens with zero attached hydrogens (tertiary/aromatic N) is 1. The number of imidazole rings is 1. The molecule has 0 radical (unpaired) electrons. The topological polar surface area (TPSA) is 55.0 Å². The quantitative estimate of drug-likeness (QED) is 0.310. The molecule has 4 nitrogen and oxygen atoms in total.